The highest BCUT2D eigenvalue weighted by Gasteiger charge is 2.15. The number of hydrogen-bond acceptors (Lipinski definition) is 3. The van der Waals surface area contributed by atoms with Gasteiger partial charge in [-0.25, -0.2) is 4.39 Å². The fraction of sp³-hybridized carbons (Fsp3) is 0. The molecule has 0 aliphatic carbocycles. The Morgan fingerprint density at radius 1 is 1.15 bits per heavy atom. The van der Waals surface area contributed by atoms with Gasteiger partial charge in [-0.15, -0.1) is 0 Å². The molecular weight excluding hydrogens is 365 g/mol. The number of rotatable bonds is 4. The van der Waals surface area contributed by atoms with Crippen molar-refractivity contribution in [1.29, 1.82) is 0 Å². The Labute approximate surface area is 158 Å². The molecule has 2 aromatic heterocycles. The third-order valence-corrected chi connectivity index (χ3v) is 4.33. The van der Waals surface area contributed by atoms with E-state index < -0.39 is 0 Å². The van der Waals surface area contributed by atoms with E-state index in [1.807, 2.05) is 24.3 Å². The Kier molecular flexibility index (Phi) is 4.39. The van der Waals surface area contributed by atoms with Crippen LogP contribution in [0.2, 0.25) is 0 Å². The van der Waals surface area contributed by atoms with Crippen molar-refractivity contribution in [3.8, 4) is 16.9 Å². The van der Waals surface area contributed by atoms with Gasteiger partial charge in [-0.05, 0) is 54.7 Å². The number of benzene rings is 2. The highest BCUT2D eigenvalue weighted by molar-refractivity contribution is 7.71. The maximum absolute atomic E-state index is 13.2. The van der Waals surface area contributed by atoms with Gasteiger partial charge < -0.3 is 10.3 Å². The fourth-order valence-electron chi connectivity index (χ4n) is 2.76. The standard InChI is InChI=1S/C19H14FN5OS/c20-13-4-6-15(7-5-13)25-17(11-21-19(25)27)18(26)23-14-3-1-2-12(10-14)16-8-9-22-24-16/h1-11H,(H,21,27)(H,22,24)(H,23,26). The lowest BCUT2D eigenvalue weighted by atomic mass is 10.1. The van der Waals surface area contributed by atoms with Crippen molar-refractivity contribution < 1.29 is 9.18 Å². The number of aromatic amines is 2. The van der Waals surface area contributed by atoms with Crippen LogP contribution in [0.5, 0.6) is 0 Å². The van der Waals surface area contributed by atoms with Gasteiger partial charge >= 0.3 is 0 Å². The maximum Gasteiger partial charge on any atom is 0.274 e. The number of aromatic nitrogens is 4. The van der Waals surface area contributed by atoms with E-state index in [1.165, 1.54) is 18.3 Å². The molecule has 1 amide bonds. The number of imidazole rings is 1. The monoisotopic (exact) mass is 379 g/mol. The molecule has 134 valence electrons. The van der Waals surface area contributed by atoms with Crippen molar-refractivity contribution in [2.75, 3.05) is 5.32 Å². The number of nitrogens with one attached hydrogen (secondary N) is 3. The van der Waals surface area contributed by atoms with Crippen LogP contribution in [0.25, 0.3) is 16.9 Å². The van der Waals surface area contributed by atoms with E-state index in [4.69, 9.17) is 12.2 Å². The quantitative estimate of drug-likeness (QED) is 0.462. The van der Waals surface area contributed by atoms with Crippen LogP contribution < -0.4 is 5.32 Å². The van der Waals surface area contributed by atoms with Gasteiger partial charge in [0.2, 0.25) is 0 Å². The first kappa shape index (κ1) is 16.9. The summed E-state index contributed by atoms with van der Waals surface area (Å²) < 4.78 is 15.1. The fourth-order valence-corrected chi connectivity index (χ4v) is 3.02. The normalized spacial score (nSPS) is 10.7. The molecule has 0 spiro atoms. The molecule has 3 N–H and O–H groups in total. The Morgan fingerprint density at radius 2 is 1.96 bits per heavy atom. The number of halogens is 1. The zero-order chi connectivity index (χ0) is 18.8. The van der Waals surface area contributed by atoms with Crippen molar-refractivity contribution in [3.05, 3.63) is 83.3 Å². The minimum atomic E-state index is -0.359. The summed E-state index contributed by atoms with van der Waals surface area (Å²) in [5.74, 6) is -0.698. The van der Waals surface area contributed by atoms with Gasteiger partial charge in [-0.3, -0.25) is 14.5 Å². The van der Waals surface area contributed by atoms with E-state index in [-0.39, 0.29) is 11.7 Å². The first-order valence-corrected chi connectivity index (χ1v) is 8.50. The van der Waals surface area contributed by atoms with Gasteiger partial charge in [-0.2, -0.15) is 5.10 Å². The van der Waals surface area contributed by atoms with Crippen LogP contribution in [0.3, 0.4) is 0 Å². The minimum absolute atomic E-state index is 0.318. The van der Waals surface area contributed by atoms with Crippen LogP contribution in [-0.2, 0) is 0 Å². The molecule has 0 aliphatic heterocycles. The largest absolute Gasteiger partial charge is 0.336 e. The topological polar surface area (TPSA) is 78.5 Å². The van der Waals surface area contributed by atoms with E-state index in [0.717, 1.165) is 11.3 Å². The van der Waals surface area contributed by atoms with E-state index >= 15 is 0 Å². The Hall–Kier alpha value is -3.52. The number of carbonyl (C=O) groups excluding carboxylic acids is 1. The smallest absolute Gasteiger partial charge is 0.274 e. The van der Waals surface area contributed by atoms with Crippen LogP contribution in [0.1, 0.15) is 10.5 Å². The number of H-pyrrole nitrogens is 2. The van der Waals surface area contributed by atoms with E-state index in [1.54, 1.807) is 29.0 Å². The molecule has 0 saturated carbocycles. The average Bonchev–Trinajstić information content (AvgIpc) is 3.33. The van der Waals surface area contributed by atoms with Crippen LogP contribution in [0.15, 0.2) is 67.0 Å². The van der Waals surface area contributed by atoms with Crippen molar-refractivity contribution >= 4 is 23.8 Å². The maximum atomic E-state index is 13.2. The highest BCUT2D eigenvalue weighted by atomic mass is 32.1. The van der Waals surface area contributed by atoms with Gasteiger partial charge in [0.05, 0.1) is 5.69 Å². The number of anilines is 1. The molecule has 0 saturated heterocycles. The number of nitrogens with zero attached hydrogens (tertiary/aromatic N) is 2. The molecule has 27 heavy (non-hydrogen) atoms. The third kappa shape index (κ3) is 3.42. The molecule has 8 heteroatoms. The summed E-state index contributed by atoms with van der Waals surface area (Å²) in [5.41, 5.74) is 3.29. The van der Waals surface area contributed by atoms with Crippen molar-refractivity contribution in [1.82, 2.24) is 19.7 Å². The van der Waals surface area contributed by atoms with Gasteiger partial charge in [0.25, 0.3) is 5.91 Å². The predicted molar refractivity (Wildman–Crippen MR) is 103 cm³/mol. The van der Waals surface area contributed by atoms with Crippen molar-refractivity contribution in [3.63, 3.8) is 0 Å². The van der Waals surface area contributed by atoms with Gasteiger partial charge in [0, 0.05) is 29.3 Å². The third-order valence-electron chi connectivity index (χ3n) is 4.03. The van der Waals surface area contributed by atoms with E-state index in [9.17, 15) is 9.18 Å². The van der Waals surface area contributed by atoms with Crippen LogP contribution >= 0.6 is 12.2 Å². The summed E-state index contributed by atoms with van der Waals surface area (Å²) in [6.07, 6.45) is 3.19. The number of amides is 1. The lowest BCUT2D eigenvalue weighted by Gasteiger charge is -2.10. The Bertz CT molecular complexity index is 1150. The molecule has 0 unspecified atom stereocenters. The first-order valence-electron chi connectivity index (χ1n) is 8.09. The van der Waals surface area contributed by atoms with E-state index in [2.05, 4.69) is 20.5 Å². The summed E-state index contributed by atoms with van der Waals surface area (Å²) in [6, 6.07) is 15.0. The summed E-state index contributed by atoms with van der Waals surface area (Å²) >= 11 is 5.27. The molecule has 4 rings (SSSR count). The SMILES string of the molecule is O=C(Nc1cccc(-c2ccn[nH]2)c1)c1c[nH]c(=S)n1-c1ccc(F)cc1. The molecule has 0 atom stereocenters. The Morgan fingerprint density at radius 3 is 2.70 bits per heavy atom. The number of hydrogen-bond donors (Lipinski definition) is 3. The average molecular weight is 379 g/mol. The number of carbonyl (C=O) groups is 1. The van der Waals surface area contributed by atoms with E-state index in [0.29, 0.717) is 21.8 Å². The van der Waals surface area contributed by atoms with Gasteiger partial charge in [0.1, 0.15) is 11.5 Å². The highest BCUT2D eigenvalue weighted by Crippen LogP contribution is 2.21. The first-order chi connectivity index (χ1) is 13.1. The molecule has 2 heterocycles. The summed E-state index contributed by atoms with van der Waals surface area (Å²) in [4.78, 5) is 15.7. The second-order valence-corrected chi connectivity index (χ2v) is 6.18. The molecule has 0 fully saturated rings. The molecular formula is C19H14FN5OS. The summed E-state index contributed by atoms with van der Waals surface area (Å²) in [5, 5.41) is 9.68. The lowest BCUT2D eigenvalue weighted by molar-refractivity contribution is 0.102. The lowest BCUT2D eigenvalue weighted by Crippen LogP contribution is -2.16. The zero-order valence-electron chi connectivity index (χ0n) is 13.9. The van der Waals surface area contributed by atoms with Crippen LogP contribution in [-0.4, -0.2) is 25.7 Å². The summed E-state index contributed by atoms with van der Waals surface area (Å²) in [6.45, 7) is 0. The molecule has 0 radical (unpaired) electrons. The van der Waals surface area contributed by atoms with Gasteiger partial charge in [0.15, 0.2) is 4.77 Å². The molecule has 0 aliphatic rings. The van der Waals surface area contributed by atoms with Crippen molar-refractivity contribution in [2.45, 2.75) is 0 Å². The molecule has 2 aromatic carbocycles. The second-order valence-electron chi connectivity index (χ2n) is 5.80. The zero-order valence-corrected chi connectivity index (χ0v) is 14.8. The minimum Gasteiger partial charge on any atom is -0.336 e. The van der Waals surface area contributed by atoms with Crippen molar-refractivity contribution in [2.24, 2.45) is 0 Å². The molecule has 6 nitrogen and oxygen atoms in total. The molecule has 0 bridgehead atoms. The summed E-state index contributed by atoms with van der Waals surface area (Å²) in [7, 11) is 0. The van der Waals surface area contributed by atoms with Crippen LogP contribution in [0, 0.1) is 10.6 Å². The molecule has 4 aromatic rings. The Balaban J connectivity index is 1.64. The predicted octanol–water partition coefficient (Wildman–Crippen LogP) is 4.32. The second kappa shape index (κ2) is 7.00. The van der Waals surface area contributed by atoms with Crippen LogP contribution in [0.4, 0.5) is 10.1 Å². The van der Waals surface area contributed by atoms with Gasteiger partial charge in [-0.1, -0.05) is 12.1 Å².